The molecule has 3 rings (SSSR count). The molecule has 0 radical (unpaired) electrons. The van der Waals surface area contributed by atoms with Gasteiger partial charge >= 0.3 is 0 Å². The van der Waals surface area contributed by atoms with E-state index in [9.17, 15) is 4.79 Å². The van der Waals surface area contributed by atoms with Crippen molar-refractivity contribution in [1.82, 2.24) is 9.97 Å². The van der Waals surface area contributed by atoms with Crippen LogP contribution in [-0.2, 0) is 5.75 Å². The molecule has 0 atom stereocenters. The van der Waals surface area contributed by atoms with Crippen molar-refractivity contribution < 1.29 is 4.79 Å². The molecule has 0 aliphatic rings. The van der Waals surface area contributed by atoms with E-state index in [1.165, 1.54) is 5.56 Å². The van der Waals surface area contributed by atoms with Crippen LogP contribution in [0.4, 0.5) is 5.69 Å². The maximum absolute atomic E-state index is 12.0. The molecule has 2 aromatic heterocycles. The van der Waals surface area contributed by atoms with Gasteiger partial charge in [-0.05, 0) is 48.0 Å². The first-order valence-electron chi connectivity index (χ1n) is 7.14. The van der Waals surface area contributed by atoms with Crippen LogP contribution in [-0.4, -0.2) is 15.9 Å². The van der Waals surface area contributed by atoms with E-state index in [4.69, 9.17) is 0 Å². The summed E-state index contributed by atoms with van der Waals surface area (Å²) in [6, 6.07) is 15.3. The van der Waals surface area contributed by atoms with E-state index in [1.54, 1.807) is 42.5 Å². The van der Waals surface area contributed by atoms with E-state index in [-0.39, 0.29) is 5.91 Å². The van der Waals surface area contributed by atoms with Gasteiger partial charge in [-0.2, -0.15) is 0 Å². The van der Waals surface area contributed by atoms with Crippen molar-refractivity contribution in [1.29, 1.82) is 0 Å². The predicted molar refractivity (Wildman–Crippen MR) is 92.4 cm³/mol. The zero-order chi connectivity index (χ0) is 15.9. The highest BCUT2D eigenvalue weighted by Gasteiger charge is 2.05. The summed E-state index contributed by atoms with van der Waals surface area (Å²) in [7, 11) is 0. The van der Waals surface area contributed by atoms with Crippen molar-refractivity contribution in [2.24, 2.45) is 0 Å². The van der Waals surface area contributed by atoms with Gasteiger partial charge < -0.3 is 5.32 Å². The Bertz CT molecular complexity index is 761. The van der Waals surface area contributed by atoms with Gasteiger partial charge in [-0.15, -0.1) is 11.8 Å². The van der Waals surface area contributed by atoms with Crippen LogP contribution in [0.25, 0.3) is 0 Å². The first-order chi connectivity index (χ1) is 11.3. The number of nitrogens with zero attached hydrogens (tertiary/aromatic N) is 2. The molecule has 3 aromatic rings. The minimum atomic E-state index is -0.158. The highest BCUT2D eigenvalue weighted by atomic mass is 32.2. The minimum Gasteiger partial charge on any atom is -0.322 e. The first-order valence-corrected chi connectivity index (χ1v) is 8.13. The highest BCUT2D eigenvalue weighted by molar-refractivity contribution is 7.98. The zero-order valence-corrected chi connectivity index (χ0v) is 13.2. The second-order valence-electron chi connectivity index (χ2n) is 4.87. The Labute approximate surface area is 139 Å². The van der Waals surface area contributed by atoms with Crippen LogP contribution in [0.2, 0.25) is 0 Å². The molecule has 0 aliphatic carbocycles. The first kappa shape index (κ1) is 15.2. The molecular formula is C18H15N3OS. The van der Waals surface area contributed by atoms with Crippen LogP contribution < -0.4 is 5.32 Å². The summed E-state index contributed by atoms with van der Waals surface area (Å²) in [5.74, 6) is 0.712. The van der Waals surface area contributed by atoms with Crippen molar-refractivity contribution in [3.8, 4) is 0 Å². The molecule has 23 heavy (non-hydrogen) atoms. The summed E-state index contributed by atoms with van der Waals surface area (Å²) < 4.78 is 0. The number of nitrogens with one attached hydrogen (secondary N) is 1. The molecule has 1 aromatic carbocycles. The fourth-order valence-corrected chi connectivity index (χ4v) is 2.82. The Hall–Kier alpha value is -2.66. The molecule has 2 heterocycles. The van der Waals surface area contributed by atoms with E-state index in [1.807, 2.05) is 36.5 Å². The van der Waals surface area contributed by atoms with E-state index in [2.05, 4.69) is 21.4 Å². The number of anilines is 1. The van der Waals surface area contributed by atoms with Crippen LogP contribution in [0, 0.1) is 0 Å². The van der Waals surface area contributed by atoms with Crippen molar-refractivity contribution in [2.45, 2.75) is 10.6 Å². The van der Waals surface area contributed by atoms with Gasteiger partial charge in [0.05, 0.1) is 5.56 Å². The van der Waals surface area contributed by atoms with Crippen LogP contribution in [0.1, 0.15) is 15.9 Å². The molecule has 5 heteroatoms. The van der Waals surface area contributed by atoms with E-state index >= 15 is 0 Å². The highest BCUT2D eigenvalue weighted by Crippen LogP contribution is 2.24. The van der Waals surface area contributed by atoms with Gasteiger partial charge in [0.25, 0.3) is 5.91 Å². The summed E-state index contributed by atoms with van der Waals surface area (Å²) in [6.07, 6.45) is 6.84. The molecule has 0 fully saturated rings. The maximum atomic E-state index is 12.0. The zero-order valence-electron chi connectivity index (χ0n) is 12.3. The number of amides is 1. The molecule has 1 amide bonds. The van der Waals surface area contributed by atoms with E-state index < -0.39 is 0 Å². The van der Waals surface area contributed by atoms with E-state index in [0.29, 0.717) is 5.56 Å². The Morgan fingerprint density at radius 3 is 2.35 bits per heavy atom. The largest absolute Gasteiger partial charge is 0.322 e. The SMILES string of the molecule is O=C(Nc1ccc(SCc2cccnc2)cc1)c1cccnc1. The number of carbonyl (C=O) groups excluding carboxylic acids is 1. The quantitative estimate of drug-likeness (QED) is 0.721. The number of carbonyl (C=O) groups is 1. The summed E-state index contributed by atoms with van der Waals surface area (Å²) in [4.78, 5) is 21.2. The molecule has 0 bridgehead atoms. The number of thioether (sulfide) groups is 1. The maximum Gasteiger partial charge on any atom is 0.257 e. The number of rotatable bonds is 5. The van der Waals surface area contributed by atoms with Gasteiger partial charge in [0, 0.05) is 41.1 Å². The number of pyridine rings is 2. The molecule has 0 aliphatic heterocycles. The molecule has 114 valence electrons. The molecular weight excluding hydrogens is 306 g/mol. The lowest BCUT2D eigenvalue weighted by molar-refractivity contribution is 0.102. The molecule has 1 N–H and O–H groups in total. The average molecular weight is 321 g/mol. The second kappa shape index (κ2) is 7.56. The summed E-state index contributed by atoms with van der Waals surface area (Å²) in [5, 5.41) is 2.86. The number of hydrogen-bond acceptors (Lipinski definition) is 4. The van der Waals surface area contributed by atoms with Gasteiger partial charge in [0.15, 0.2) is 0 Å². The Balaban J connectivity index is 1.58. The van der Waals surface area contributed by atoms with Crippen LogP contribution >= 0.6 is 11.8 Å². The Morgan fingerprint density at radius 2 is 1.70 bits per heavy atom. The standard InChI is InChI=1S/C18H15N3OS/c22-18(15-4-2-10-20-12-15)21-16-5-7-17(8-6-16)23-13-14-3-1-9-19-11-14/h1-12H,13H2,(H,21,22). The monoisotopic (exact) mass is 321 g/mol. The van der Waals surface area contributed by atoms with Crippen molar-refractivity contribution >= 4 is 23.4 Å². The number of hydrogen-bond donors (Lipinski definition) is 1. The third-order valence-electron chi connectivity index (χ3n) is 3.16. The summed E-state index contributed by atoms with van der Waals surface area (Å²) >= 11 is 1.73. The Kier molecular flexibility index (Phi) is 5.01. The molecule has 4 nitrogen and oxygen atoms in total. The fraction of sp³-hybridized carbons (Fsp3) is 0.0556. The van der Waals surface area contributed by atoms with Crippen LogP contribution in [0.3, 0.4) is 0 Å². The number of benzene rings is 1. The molecule has 0 unspecified atom stereocenters. The molecule has 0 saturated carbocycles. The van der Waals surface area contributed by atoms with Gasteiger partial charge in [-0.1, -0.05) is 6.07 Å². The Morgan fingerprint density at radius 1 is 0.957 bits per heavy atom. The average Bonchev–Trinajstić information content (AvgIpc) is 2.63. The normalized spacial score (nSPS) is 10.3. The van der Waals surface area contributed by atoms with Crippen molar-refractivity contribution in [2.75, 3.05) is 5.32 Å². The molecule has 0 spiro atoms. The van der Waals surface area contributed by atoms with Gasteiger partial charge in [0.2, 0.25) is 0 Å². The lowest BCUT2D eigenvalue weighted by Gasteiger charge is -2.06. The smallest absolute Gasteiger partial charge is 0.257 e. The predicted octanol–water partition coefficient (Wildman–Crippen LogP) is 4.02. The topological polar surface area (TPSA) is 54.9 Å². The lowest BCUT2D eigenvalue weighted by atomic mass is 10.2. The lowest BCUT2D eigenvalue weighted by Crippen LogP contribution is -2.11. The summed E-state index contributed by atoms with van der Waals surface area (Å²) in [6.45, 7) is 0. The van der Waals surface area contributed by atoms with Crippen molar-refractivity contribution in [3.63, 3.8) is 0 Å². The van der Waals surface area contributed by atoms with Gasteiger partial charge in [-0.25, -0.2) is 0 Å². The van der Waals surface area contributed by atoms with Crippen LogP contribution in [0.15, 0.2) is 78.2 Å². The second-order valence-corrected chi connectivity index (χ2v) is 5.92. The molecule has 0 saturated heterocycles. The minimum absolute atomic E-state index is 0.158. The van der Waals surface area contributed by atoms with E-state index in [0.717, 1.165) is 16.3 Å². The third kappa shape index (κ3) is 4.40. The van der Waals surface area contributed by atoms with Crippen LogP contribution in [0.5, 0.6) is 0 Å². The third-order valence-corrected chi connectivity index (χ3v) is 4.25. The fourth-order valence-electron chi connectivity index (χ4n) is 1.99. The van der Waals surface area contributed by atoms with Crippen molar-refractivity contribution in [3.05, 3.63) is 84.4 Å². The number of aromatic nitrogens is 2. The summed E-state index contributed by atoms with van der Waals surface area (Å²) in [5.41, 5.74) is 2.50. The van der Waals surface area contributed by atoms with Gasteiger partial charge in [-0.3, -0.25) is 14.8 Å². The van der Waals surface area contributed by atoms with Gasteiger partial charge in [0.1, 0.15) is 0 Å².